The Bertz CT molecular complexity index is 288. The standard InChI is InChI=1S/C13H20N2/c1-3-9-14-11-12-5-7-13(8-6-12)15-10-4-2/h5-8,11,15H,3-4,9-10H2,1-2H3/b14-11+. The number of benzene rings is 1. The lowest BCUT2D eigenvalue weighted by atomic mass is 10.2. The Labute approximate surface area is 92.4 Å². The van der Waals surface area contributed by atoms with E-state index in [1.165, 1.54) is 11.3 Å². The van der Waals surface area contributed by atoms with Gasteiger partial charge < -0.3 is 5.32 Å². The number of aliphatic imine (C=N–C) groups is 1. The van der Waals surface area contributed by atoms with Crippen molar-refractivity contribution in [2.45, 2.75) is 26.7 Å². The van der Waals surface area contributed by atoms with E-state index in [0.717, 1.165) is 25.9 Å². The van der Waals surface area contributed by atoms with Crippen LogP contribution in [0.1, 0.15) is 32.3 Å². The summed E-state index contributed by atoms with van der Waals surface area (Å²) in [5.74, 6) is 0. The maximum atomic E-state index is 4.31. The number of nitrogens with zero attached hydrogens (tertiary/aromatic N) is 1. The molecule has 0 atom stereocenters. The summed E-state index contributed by atoms with van der Waals surface area (Å²) in [6.07, 6.45) is 4.19. The summed E-state index contributed by atoms with van der Waals surface area (Å²) < 4.78 is 0. The Morgan fingerprint density at radius 2 is 1.87 bits per heavy atom. The first kappa shape index (κ1) is 11.8. The van der Waals surface area contributed by atoms with E-state index >= 15 is 0 Å². The Morgan fingerprint density at radius 3 is 2.47 bits per heavy atom. The van der Waals surface area contributed by atoms with Crippen LogP contribution in [0.15, 0.2) is 29.3 Å². The number of anilines is 1. The van der Waals surface area contributed by atoms with Gasteiger partial charge in [-0.2, -0.15) is 0 Å². The van der Waals surface area contributed by atoms with Gasteiger partial charge in [-0.05, 0) is 30.5 Å². The predicted molar refractivity (Wildman–Crippen MR) is 68.0 cm³/mol. The molecule has 0 aliphatic rings. The zero-order valence-electron chi connectivity index (χ0n) is 9.66. The molecule has 0 heterocycles. The smallest absolute Gasteiger partial charge is 0.0386 e. The van der Waals surface area contributed by atoms with E-state index in [9.17, 15) is 0 Å². The van der Waals surface area contributed by atoms with Crippen LogP contribution in [0.5, 0.6) is 0 Å². The molecule has 0 aliphatic heterocycles. The van der Waals surface area contributed by atoms with Gasteiger partial charge in [-0.15, -0.1) is 0 Å². The van der Waals surface area contributed by atoms with Crippen LogP contribution in [-0.2, 0) is 0 Å². The van der Waals surface area contributed by atoms with Crippen molar-refractivity contribution >= 4 is 11.9 Å². The Kier molecular flexibility index (Phi) is 5.52. The van der Waals surface area contributed by atoms with Gasteiger partial charge in [0.15, 0.2) is 0 Å². The van der Waals surface area contributed by atoms with Gasteiger partial charge in [0.25, 0.3) is 0 Å². The fourth-order valence-corrected chi connectivity index (χ4v) is 1.26. The SMILES string of the molecule is CCC/N=C/c1ccc(NCCC)cc1. The molecule has 1 aromatic rings. The zero-order chi connectivity index (χ0) is 10.9. The van der Waals surface area contributed by atoms with Gasteiger partial charge in [0.1, 0.15) is 0 Å². The van der Waals surface area contributed by atoms with Crippen LogP contribution in [0.3, 0.4) is 0 Å². The third kappa shape index (κ3) is 4.63. The molecule has 15 heavy (non-hydrogen) atoms. The number of hydrogen-bond acceptors (Lipinski definition) is 2. The second kappa shape index (κ2) is 7.04. The highest BCUT2D eigenvalue weighted by atomic mass is 14.9. The number of hydrogen-bond donors (Lipinski definition) is 1. The van der Waals surface area contributed by atoms with Crippen LogP contribution < -0.4 is 5.32 Å². The average Bonchev–Trinajstić information content (AvgIpc) is 2.28. The fourth-order valence-electron chi connectivity index (χ4n) is 1.26. The molecule has 1 rings (SSSR count). The molecule has 2 heteroatoms. The first-order chi connectivity index (χ1) is 7.36. The first-order valence-corrected chi connectivity index (χ1v) is 5.70. The summed E-state index contributed by atoms with van der Waals surface area (Å²) in [6, 6.07) is 8.39. The third-order valence-corrected chi connectivity index (χ3v) is 2.08. The van der Waals surface area contributed by atoms with Crippen LogP contribution >= 0.6 is 0 Å². The summed E-state index contributed by atoms with van der Waals surface area (Å²) in [6.45, 7) is 6.24. The van der Waals surface area contributed by atoms with Crippen molar-refractivity contribution < 1.29 is 0 Å². The quantitative estimate of drug-likeness (QED) is 0.706. The van der Waals surface area contributed by atoms with Gasteiger partial charge in [0.2, 0.25) is 0 Å². The van der Waals surface area contributed by atoms with E-state index in [1.807, 2.05) is 6.21 Å². The number of nitrogens with one attached hydrogen (secondary N) is 1. The van der Waals surface area contributed by atoms with Crippen molar-refractivity contribution in [2.75, 3.05) is 18.4 Å². The van der Waals surface area contributed by atoms with Crippen molar-refractivity contribution in [1.29, 1.82) is 0 Å². The Balaban J connectivity index is 2.48. The minimum absolute atomic E-state index is 0.913. The highest BCUT2D eigenvalue weighted by Gasteiger charge is 1.90. The van der Waals surface area contributed by atoms with E-state index < -0.39 is 0 Å². The summed E-state index contributed by atoms with van der Waals surface area (Å²) in [5.41, 5.74) is 2.36. The van der Waals surface area contributed by atoms with Crippen molar-refractivity contribution in [2.24, 2.45) is 4.99 Å². The van der Waals surface area contributed by atoms with Gasteiger partial charge in [0.05, 0.1) is 0 Å². The van der Waals surface area contributed by atoms with Crippen LogP contribution in [0, 0.1) is 0 Å². The molecule has 0 fully saturated rings. The van der Waals surface area contributed by atoms with Crippen molar-refractivity contribution in [3.05, 3.63) is 29.8 Å². The molecule has 0 spiro atoms. The predicted octanol–water partition coefficient (Wildman–Crippen LogP) is 3.34. The molecule has 2 nitrogen and oxygen atoms in total. The summed E-state index contributed by atoms with van der Waals surface area (Å²) >= 11 is 0. The summed E-state index contributed by atoms with van der Waals surface area (Å²) in [7, 11) is 0. The first-order valence-electron chi connectivity index (χ1n) is 5.70. The second-order valence-electron chi connectivity index (χ2n) is 3.58. The molecule has 1 N–H and O–H groups in total. The highest BCUT2D eigenvalue weighted by Crippen LogP contribution is 2.07. The lowest BCUT2D eigenvalue weighted by Crippen LogP contribution is -1.99. The highest BCUT2D eigenvalue weighted by molar-refractivity contribution is 5.80. The molecule has 0 amide bonds. The maximum absolute atomic E-state index is 4.31. The van der Waals surface area contributed by atoms with Gasteiger partial charge >= 0.3 is 0 Å². The number of rotatable bonds is 6. The van der Waals surface area contributed by atoms with E-state index in [1.54, 1.807) is 0 Å². The van der Waals surface area contributed by atoms with Gasteiger partial charge in [-0.25, -0.2) is 0 Å². The van der Waals surface area contributed by atoms with Gasteiger partial charge in [-0.3, -0.25) is 4.99 Å². The van der Waals surface area contributed by atoms with Crippen molar-refractivity contribution in [3.8, 4) is 0 Å². The molecular weight excluding hydrogens is 184 g/mol. The lowest BCUT2D eigenvalue weighted by Gasteiger charge is -2.03. The third-order valence-electron chi connectivity index (χ3n) is 2.08. The van der Waals surface area contributed by atoms with Crippen molar-refractivity contribution in [3.63, 3.8) is 0 Å². The topological polar surface area (TPSA) is 24.4 Å². The van der Waals surface area contributed by atoms with Gasteiger partial charge in [0, 0.05) is 25.0 Å². The van der Waals surface area contributed by atoms with E-state index in [4.69, 9.17) is 0 Å². The van der Waals surface area contributed by atoms with Crippen LogP contribution in [-0.4, -0.2) is 19.3 Å². The van der Waals surface area contributed by atoms with E-state index in [-0.39, 0.29) is 0 Å². The molecule has 0 saturated carbocycles. The molecule has 0 unspecified atom stereocenters. The monoisotopic (exact) mass is 204 g/mol. The van der Waals surface area contributed by atoms with Crippen LogP contribution in [0.2, 0.25) is 0 Å². The molecule has 0 aliphatic carbocycles. The Morgan fingerprint density at radius 1 is 1.13 bits per heavy atom. The summed E-state index contributed by atoms with van der Waals surface area (Å²) in [5, 5.41) is 3.34. The lowest BCUT2D eigenvalue weighted by molar-refractivity contribution is 0.937. The molecule has 0 radical (unpaired) electrons. The van der Waals surface area contributed by atoms with Gasteiger partial charge in [-0.1, -0.05) is 26.0 Å². The Hall–Kier alpha value is -1.31. The van der Waals surface area contributed by atoms with Crippen LogP contribution in [0.25, 0.3) is 0 Å². The zero-order valence-corrected chi connectivity index (χ0v) is 9.66. The fraction of sp³-hybridized carbons (Fsp3) is 0.462. The average molecular weight is 204 g/mol. The normalized spacial score (nSPS) is 10.8. The molecule has 0 saturated heterocycles. The van der Waals surface area contributed by atoms with E-state index in [0.29, 0.717) is 0 Å². The molecule has 82 valence electrons. The van der Waals surface area contributed by atoms with Crippen LogP contribution in [0.4, 0.5) is 5.69 Å². The largest absolute Gasteiger partial charge is 0.385 e. The molecular formula is C13H20N2. The second-order valence-corrected chi connectivity index (χ2v) is 3.58. The van der Waals surface area contributed by atoms with Crippen molar-refractivity contribution in [1.82, 2.24) is 0 Å². The molecule has 1 aromatic carbocycles. The molecule has 0 aromatic heterocycles. The van der Waals surface area contributed by atoms with E-state index in [2.05, 4.69) is 48.4 Å². The minimum atomic E-state index is 0.913. The molecule has 0 bridgehead atoms. The minimum Gasteiger partial charge on any atom is -0.385 e. The maximum Gasteiger partial charge on any atom is 0.0386 e. The summed E-state index contributed by atoms with van der Waals surface area (Å²) in [4.78, 5) is 4.31.